The molecule has 0 bridgehead atoms. The first-order chi connectivity index (χ1) is 12.6. The van der Waals surface area contributed by atoms with Crippen LogP contribution in [0.3, 0.4) is 0 Å². The fraction of sp³-hybridized carbons (Fsp3) is 0.211. The SMILES string of the molecule is COc1ccc(Cc2nnc(SCc3ccccc3C)n(N)c2=O)cc1. The first kappa shape index (κ1) is 18.0. The maximum atomic E-state index is 12.5. The summed E-state index contributed by atoms with van der Waals surface area (Å²) in [5.74, 6) is 7.39. The van der Waals surface area contributed by atoms with Crippen molar-refractivity contribution in [3.05, 3.63) is 81.3 Å². The lowest BCUT2D eigenvalue weighted by Gasteiger charge is -2.09. The minimum absolute atomic E-state index is 0.318. The van der Waals surface area contributed by atoms with Crippen LogP contribution in [0.4, 0.5) is 0 Å². The highest BCUT2D eigenvalue weighted by Gasteiger charge is 2.12. The second kappa shape index (κ2) is 8.05. The van der Waals surface area contributed by atoms with Crippen molar-refractivity contribution < 1.29 is 4.74 Å². The van der Waals surface area contributed by atoms with Crippen LogP contribution in [0.5, 0.6) is 5.75 Å². The van der Waals surface area contributed by atoms with Gasteiger partial charge in [-0.2, -0.15) is 4.68 Å². The molecular formula is C19H20N4O2S. The van der Waals surface area contributed by atoms with Crippen molar-refractivity contribution in [2.24, 2.45) is 0 Å². The number of aromatic nitrogens is 3. The molecule has 0 aliphatic rings. The highest BCUT2D eigenvalue weighted by atomic mass is 32.2. The Labute approximate surface area is 156 Å². The molecule has 0 saturated carbocycles. The third-order valence-corrected chi connectivity index (χ3v) is 5.07. The quantitative estimate of drug-likeness (QED) is 0.532. The van der Waals surface area contributed by atoms with Gasteiger partial charge in [0.15, 0.2) is 0 Å². The Morgan fingerprint density at radius 3 is 2.54 bits per heavy atom. The molecule has 0 unspecified atom stereocenters. The predicted octanol–water partition coefficient (Wildman–Crippen LogP) is 2.55. The van der Waals surface area contributed by atoms with E-state index in [1.54, 1.807) is 7.11 Å². The van der Waals surface area contributed by atoms with Crippen LogP contribution in [0.2, 0.25) is 0 Å². The molecule has 6 nitrogen and oxygen atoms in total. The van der Waals surface area contributed by atoms with Crippen molar-refractivity contribution in [1.82, 2.24) is 14.9 Å². The Morgan fingerprint density at radius 1 is 1.12 bits per heavy atom. The number of aryl methyl sites for hydroxylation is 1. The van der Waals surface area contributed by atoms with Crippen LogP contribution in [-0.4, -0.2) is 22.0 Å². The lowest BCUT2D eigenvalue weighted by atomic mass is 10.1. The van der Waals surface area contributed by atoms with E-state index in [0.717, 1.165) is 16.0 Å². The maximum Gasteiger partial charge on any atom is 0.294 e. The van der Waals surface area contributed by atoms with Gasteiger partial charge in [0.25, 0.3) is 5.56 Å². The van der Waals surface area contributed by atoms with Gasteiger partial charge in [0.05, 0.1) is 7.11 Å². The molecule has 3 aromatic rings. The van der Waals surface area contributed by atoms with Crippen LogP contribution >= 0.6 is 11.8 Å². The van der Waals surface area contributed by atoms with Gasteiger partial charge in [0.1, 0.15) is 11.4 Å². The number of nitrogens with zero attached hydrogens (tertiary/aromatic N) is 3. The van der Waals surface area contributed by atoms with E-state index in [0.29, 0.717) is 23.0 Å². The highest BCUT2D eigenvalue weighted by molar-refractivity contribution is 7.98. The van der Waals surface area contributed by atoms with E-state index in [2.05, 4.69) is 23.2 Å². The summed E-state index contributed by atoms with van der Waals surface area (Å²) in [4.78, 5) is 12.5. The molecule has 2 aromatic carbocycles. The normalized spacial score (nSPS) is 10.7. The third kappa shape index (κ3) is 4.05. The summed E-state index contributed by atoms with van der Waals surface area (Å²) in [5.41, 5.74) is 3.29. The summed E-state index contributed by atoms with van der Waals surface area (Å²) in [6.07, 6.45) is 0.371. The monoisotopic (exact) mass is 368 g/mol. The number of hydrogen-bond acceptors (Lipinski definition) is 6. The van der Waals surface area contributed by atoms with E-state index in [9.17, 15) is 4.79 Å². The van der Waals surface area contributed by atoms with Gasteiger partial charge in [0.2, 0.25) is 5.16 Å². The number of rotatable bonds is 6. The number of benzene rings is 2. The summed E-state index contributed by atoms with van der Waals surface area (Å²) in [6.45, 7) is 2.05. The van der Waals surface area contributed by atoms with Crippen LogP contribution in [0.15, 0.2) is 58.5 Å². The van der Waals surface area contributed by atoms with Crippen molar-refractivity contribution >= 4 is 11.8 Å². The molecule has 3 rings (SSSR count). The zero-order valence-electron chi connectivity index (χ0n) is 14.7. The predicted molar refractivity (Wildman–Crippen MR) is 103 cm³/mol. The molecule has 7 heteroatoms. The average molecular weight is 368 g/mol. The molecule has 0 atom stereocenters. The van der Waals surface area contributed by atoms with Crippen molar-refractivity contribution in [1.29, 1.82) is 0 Å². The van der Waals surface area contributed by atoms with Gasteiger partial charge in [-0.1, -0.05) is 48.2 Å². The van der Waals surface area contributed by atoms with E-state index in [-0.39, 0.29) is 5.56 Å². The van der Waals surface area contributed by atoms with E-state index in [4.69, 9.17) is 10.6 Å². The van der Waals surface area contributed by atoms with Gasteiger partial charge in [-0.05, 0) is 35.7 Å². The molecule has 0 aliphatic heterocycles. The fourth-order valence-corrected chi connectivity index (χ4v) is 3.41. The standard InChI is InChI=1S/C19H20N4O2S/c1-13-5-3-4-6-15(13)12-26-19-22-21-17(18(24)23(19)20)11-14-7-9-16(25-2)10-8-14/h3-10H,11-12,20H2,1-2H3. The van der Waals surface area contributed by atoms with Gasteiger partial charge in [0, 0.05) is 12.2 Å². The van der Waals surface area contributed by atoms with Crippen LogP contribution in [0.25, 0.3) is 0 Å². The van der Waals surface area contributed by atoms with Crippen LogP contribution < -0.4 is 16.1 Å². The molecule has 0 spiro atoms. The number of nitrogen functional groups attached to an aromatic ring is 1. The van der Waals surface area contributed by atoms with Gasteiger partial charge < -0.3 is 10.6 Å². The Kier molecular flexibility index (Phi) is 5.58. The number of hydrogen-bond donors (Lipinski definition) is 1. The maximum absolute atomic E-state index is 12.5. The second-order valence-corrected chi connectivity index (χ2v) is 6.79. The smallest absolute Gasteiger partial charge is 0.294 e. The number of methoxy groups -OCH3 is 1. The lowest BCUT2D eigenvalue weighted by molar-refractivity contribution is 0.414. The second-order valence-electron chi connectivity index (χ2n) is 5.84. The topological polar surface area (TPSA) is 83.0 Å². The Hall–Kier alpha value is -2.80. The van der Waals surface area contributed by atoms with Gasteiger partial charge in [-0.25, -0.2) is 0 Å². The summed E-state index contributed by atoms with van der Waals surface area (Å²) in [5, 5.41) is 8.64. The zero-order valence-corrected chi connectivity index (χ0v) is 15.5. The summed E-state index contributed by atoms with van der Waals surface area (Å²) >= 11 is 1.40. The Morgan fingerprint density at radius 2 is 1.85 bits per heavy atom. The average Bonchev–Trinajstić information content (AvgIpc) is 2.66. The zero-order chi connectivity index (χ0) is 18.5. The van der Waals surface area contributed by atoms with Gasteiger partial charge >= 0.3 is 0 Å². The summed E-state index contributed by atoms with van der Waals surface area (Å²) in [6, 6.07) is 15.6. The Balaban J connectivity index is 1.75. The molecule has 1 aromatic heterocycles. The fourth-order valence-electron chi connectivity index (χ4n) is 2.48. The molecular weight excluding hydrogens is 348 g/mol. The molecule has 0 aliphatic carbocycles. The molecule has 2 N–H and O–H groups in total. The number of nitrogens with two attached hydrogens (primary N) is 1. The first-order valence-corrected chi connectivity index (χ1v) is 9.11. The van der Waals surface area contributed by atoms with Gasteiger partial charge in [-0.3, -0.25) is 4.79 Å². The van der Waals surface area contributed by atoms with E-state index in [1.165, 1.54) is 22.9 Å². The molecule has 26 heavy (non-hydrogen) atoms. The van der Waals surface area contributed by atoms with Crippen LogP contribution in [0.1, 0.15) is 22.4 Å². The molecule has 134 valence electrons. The summed E-state index contributed by atoms with van der Waals surface area (Å²) < 4.78 is 6.21. The first-order valence-electron chi connectivity index (χ1n) is 8.12. The molecule has 0 radical (unpaired) electrons. The van der Waals surface area contributed by atoms with Gasteiger partial charge in [-0.15, -0.1) is 10.2 Å². The van der Waals surface area contributed by atoms with Crippen molar-refractivity contribution in [3.8, 4) is 5.75 Å². The summed E-state index contributed by atoms with van der Waals surface area (Å²) in [7, 11) is 1.61. The Bertz CT molecular complexity index is 954. The third-order valence-electron chi connectivity index (χ3n) is 4.08. The lowest BCUT2D eigenvalue weighted by Crippen LogP contribution is -2.33. The number of thioether (sulfide) groups is 1. The van der Waals surface area contributed by atoms with Crippen molar-refractivity contribution in [2.75, 3.05) is 13.0 Å². The minimum atomic E-state index is -0.330. The van der Waals surface area contributed by atoms with E-state index >= 15 is 0 Å². The molecule has 0 saturated heterocycles. The number of ether oxygens (including phenoxy) is 1. The highest BCUT2D eigenvalue weighted by Crippen LogP contribution is 2.21. The van der Waals surface area contributed by atoms with E-state index < -0.39 is 0 Å². The van der Waals surface area contributed by atoms with Crippen LogP contribution in [-0.2, 0) is 12.2 Å². The molecule has 0 fully saturated rings. The molecule has 0 amide bonds. The van der Waals surface area contributed by atoms with Crippen molar-refractivity contribution in [2.45, 2.75) is 24.3 Å². The largest absolute Gasteiger partial charge is 0.497 e. The van der Waals surface area contributed by atoms with Crippen molar-refractivity contribution in [3.63, 3.8) is 0 Å². The van der Waals surface area contributed by atoms with Crippen LogP contribution in [0, 0.1) is 6.92 Å². The van der Waals surface area contributed by atoms with E-state index in [1.807, 2.05) is 42.5 Å². The molecule has 1 heterocycles. The minimum Gasteiger partial charge on any atom is -0.497 e.